The zero-order valence-electron chi connectivity index (χ0n) is 19.9. The van der Waals surface area contributed by atoms with Crippen LogP contribution < -0.4 is 5.73 Å². The molecule has 0 aliphatic carbocycles. The van der Waals surface area contributed by atoms with Crippen LogP contribution in [0.3, 0.4) is 0 Å². The number of hydrogen-bond donors (Lipinski definition) is 1. The number of ether oxygens (including phenoxy) is 1. The van der Waals surface area contributed by atoms with E-state index in [1.807, 2.05) is 31.2 Å². The summed E-state index contributed by atoms with van der Waals surface area (Å²) in [6, 6.07) is 13.3. The first-order valence-corrected chi connectivity index (χ1v) is 13.7. The normalized spacial score (nSPS) is 22.6. The predicted octanol–water partition coefficient (Wildman–Crippen LogP) is 4.95. The Morgan fingerprint density at radius 1 is 1.06 bits per heavy atom. The van der Waals surface area contributed by atoms with Gasteiger partial charge in [-0.15, -0.1) is 0 Å². The SMILES string of the molecule is CC[C@@H](CS(=O)(=O)C(C)(C)C)N1C(=O)[C@@H](CN)O[C@H](c2cccc(Cl)c2)[C@H]1c1ccc(Cl)cc1. The average molecular weight is 528 g/mol. The Labute approximate surface area is 212 Å². The largest absolute Gasteiger partial charge is 0.357 e. The number of hydrogen-bond acceptors (Lipinski definition) is 5. The van der Waals surface area contributed by atoms with E-state index >= 15 is 0 Å². The Balaban J connectivity index is 2.18. The maximum Gasteiger partial charge on any atom is 0.253 e. The monoisotopic (exact) mass is 526 g/mol. The van der Waals surface area contributed by atoms with Gasteiger partial charge in [-0.1, -0.05) is 54.4 Å². The highest BCUT2D eigenvalue weighted by Gasteiger charge is 2.47. The lowest BCUT2D eigenvalue weighted by atomic mass is 9.90. The number of halogens is 2. The van der Waals surface area contributed by atoms with Crippen LogP contribution in [0.1, 0.15) is 57.4 Å². The number of nitrogens with two attached hydrogens (primary N) is 1. The first-order chi connectivity index (χ1) is 15.9. The molecule has 2 N–H and O–H groups in total. The highest BCUT2D eigenvalue weighted by molar-refractivity contribution is 7.92. The fourth-order valence-electron chi connectivity index (χ4n) is 4.16. The number of benzene rings is 2. The van der Waals surface area contributed by atoms with E-state index in [4.69, 9.17) is 33.7 Å². The highest BCUT2D eigenvalue weighted by Crippen LogP contribution is 2.44. The molecule has 34 heavy (non-hydrogen) atoms. The molecular weight excluding hydrogens is 495 g/mol. The van der Waals surface area contributed by atoms with Crippen LogP contribution in [-0.2, 0) is 19.4 Å². The molecule has 4 atom stereocenters. The summed E-state index contributed by atoms with van der Waals surface area (Å²) in [5.74, 6) is -0.487. The van der Waals surface area contributed by atoms with E-state index in [0.29, 0.717) is 16.5 Å². The minimum Gasteiger partial charge on any atom is -0.357 e. The van der Waals surface area contributed by atoms with Gasteiger partial charge in [0.05, 0.1) is 16.5 Å². The van der Waals surface area contributed by atoms with E-state index in [1.54, 1.807) is 49.9 Å². The standard InChI is InChI=1S/C25H32Cl2N2O4S/c1-5-20(15-34(31,32)25(2,3)4)29-22(16-9-11-18(26)12-10-16)23(33-21(14-28)24(29)30)17-7-6-8-19(27)13-17/h6-13,20-23H,5,14-15,28H2,1-4H3/t20-,21+,22+,23+/m0/s1. The van der Waals surface area contributed by atoms with Crippen molar-refractivity contribution in [1.82, 2.24) is 4.90 Å². The van der Waals surface area contributed by atoms with E-state index in [-0.39, 0.29) is 18.2 Å². The third kappa shape index (κ3) is 5.60. The number of rotatable bonds is 7. The molecule has 1 amide bonds. The number of amides is 1. The summed E-state index contributed by atoms with van der Waals surface area (Å²) in [5, 5.41) is 1.09. The molecule has 2 aromatic rings. The van der Waals surface area contributed by atoms with Gasteiger partial charge in [0.15, 0.2) is 9.84 Å². The molecular formula is C25H32Cl2N2O4S. The second kappa shape index (κ2) is 10.5. The number of sulfone groups is 1. The molecule has 0 aromatic heterocycles. The molecule has 1 heterocycles. The fraction of sp³-hybridized carbons (Fsp3) is 0.480. The minimum absolute atomic E-state index is 0.0256. The quantitative estimate of drug-likeness (QED) is 0.550. The molecule has 0 bridgehead atoms. The van der Waals surface area contributed by atoms with Crippen molar-refractivity contribution >= 4 is 38.9 Å². The lowest BCUT2D eigenvalue weighted by molar-refractivity contribution is -0.177. The van der Waals surface area contributed by atoms with Gasteiger partial charge in [-0.3, -0.25) is 4.79 Å². The number of carbonyl (C=O) groups excluding carboxylic acids is 1. The Morgan fingerprint density at radius 2 is 1.71 bits per heavy atom. The Morgan fingerprint density at radius 3 is 2.24 bits per heavy atom. The second-order valence-electron chi connectivity index (χ2n) is 9.53. The van der Waals surface area contributed by atoms with Crippen molar-refractivity contribution in [3.05, 3.63) is 69.7 Å². The molecule has 0 unspecified atom stereocenters. The third-order valence-corrected chi connectivity index (χ3v) is 9.42. The van der Waals surface area contributed by atoms with E-state index in [1.165, 1.54) is 0 Å². The van der Waals surface area contributed by atoms with Crippen molar-refractivity contribution in [3.8, 4) is 0 Å². The van der Waals surface area contributed by atoms with Crippen LogP contribution in [0.5, 0.6) is 0 Å². The molecule has 0 saturated carbocycles. The van der Waals surface area contributed by atoms with Crippen molar-refractivity contribution in [2.75, 3.05) is 12.3 Å². The van der Waals surface area contributed by atoms with E-state index in [2.05, 4.69) is 0 Å². The summed E-state index contributed by atoms with van der Waals surface area (Å²) in [4.78, 5) is 15.3. The smallest absolute Gasteiger partial charge is 0.253 e. The minimum atomic E-state index is -3.52. The third-order valence-electron chi connectivity index (χ3n) is 6.24. The molecule has 1 aliphatic heterocycles. The van der Waals surface area contributed by atoms with Crippen molar-refractivity contribution in [2.45, 2.75) is 63.2 Å². The van der Waals surface area contributed by atoms with Crippen LogP contribution in [-0.4, -0.2) is 48.4 Å². The molecule has 186 valence electrons. The van der Waals surface area contributed by atoms with Crippen LogP contribution in [0, 0.1) is 0 Å². The van der Waals surface area contributed by atoms with Crippen LogP contribution >= 0.6 is 23.2 Å². The van der Waals surface area contributed by atoms with Crippen molar-refractivity contribution in [1.29, 1.82) is 0 Å². The van der Waals surface area contributed by atoms with Gasteiger partial charge in [-0.2, -0.15) is 0 Å². The second-order valence-corrected chi connectivity index (χ2v) is 13.2. The van der Waals surface area contributed by atoms with Gasteiger partial charge in [-0.25, -0.2) is 8.42 Å². The summed E-state index contributed by atoms with van der Waals surface area (Å²) in [7, 11) is -3.52. The number of morpholine rings is 1. The fourth-order valence-corrected chi connectivity index (χ4v) is 5.89. The molecule has 3 rings (SSSR count). The lowest BCUT2D eigenvalue weighted by Crippen LogP contribution is -2.58. The van der Waals surface area contributed by atoms with Gasteiger partial charge in [0.25, 0.3) is 5.91 Å². The molecule has 6 nitrogen and oxygen atoms in total. The van der Waals surface area contributed by atoms with Crippen LogP contribution in [0.2, 0.25) is 10.0 Å². The zero-order valence-corrected chi connectivity index (χ0v) is 22.2. The zero-order chi connectivity index (χ0) is 25.3. The molecule has 0 radical (unpaired) electrons. The first-order valence-electron chi connectivity index (χ1n) is 11.3. The van der Waals surface area contributed by atoms with Gasteiger partial charge < -0.3 is 15.4 Å². The van der Waals surface area contributed by atoms with E-state index in [0.717, 1.165) is 11.1 Å². The predicted molar refractivity (Wildman–Crippen MR) is 137 cm³/mol. The van der Waals surface area contributed by atoms with Crippen LogP contribution in [0.4, 0.5) is 0 Å². The van der Waals surface area contributed by atoms with E-state index < -0.39 is 38.9 Å². The lowest BCUT2D eigenvalue weighted by Gasteiger charge is -2.48. The molecule has 1 saturated heterocycles. The summed E-state index contributed by atoms with van der Waals surface area (Å²) in [6.45, 7) is 6.87. The van der Waals surface area contributed by atoms with Crippen molar-refractivity contribution in [3.63, 3.8) is 0 Å². The molecule has 1 fully saturated rings. The molecule has 0 spiro atoms. The van der Waals surface area contributed by atoms with E-state index in [9.17, 15) is 13.2 Å². The maximum absolute atomic E-state index is 13.7. The Hall–Kier alpha value is -1.64. The summed E-state index contributed by atoms with van der Waals surface area (Å²) in [5.41, 5.74) is 7.49. The summed E-state index contributed by atoms with van der Waals surface area (Å²) in [6.07, 6.45) is -1.05. The van der Waals surface area contributed by atoms with Crippen molar-refractivity contribution < 1.29 is 17.9 Å². The summed E-state index contributed by atoms with van der Waals surface area (Å²) >= 11 is 12.4. The Kier molecular flexibility index (Phi) is 8.36. The van der Waals surface area contributed by atoms with Crippen LogP contribution in [0.15, 0.2) is 48.5 Å². The van der Waals surface area contributed by atoms with Gasteiger partial charge in [0.1, 0.15) is 12.2 Å². The van der Waals surface area contributed by atoms with Crippen molar-refractivity contribution in [2.24, 2.45) is 5.73 Å². The molecule has 9 heteroatoms. The number of carbonyl (C=O) groups is 1. The first kappa shape index (κ1) is 27.0. The van der Waals surface area contributed by atoms with Gasteiger partial charge in [-0.05, 0) is 62.6 Å². The highest BCUT2D eigenvalue weighted by atomic mass is 35.5. The number of nitrogens with zero attached hydrogens (tertiary/aromatic N) is 1. The summed E-state index contributed by atoms with van der Waals surface area (Å²) < 4.78 is 31.7. The van der Waals surface area contributed by atoms with Gasteiger partial charge >= 0.3 is 0 Å². The topological polar surface area (TPSA) is 89.7 Å². The average Bonchev–Trinajstić information content (AvgIpc) is 2.77. The molecule has 1 aliphatic rings. The molecule has 2 aromatic carbocycles. The maximum atomic E-state index is 13.7. The van der Waals surface area contributed by atoms with Crippen LogP contribution in [0.25, 0.3) is 0 Å². The van der Waals surface area contributed by atoms with Gasteiger partial charge in [0.2, 0.25) is 0 Å². The van der Waals surface area contributed by atoms with Gasteiger partial charge in [0, 0.05) is 22.6 Å². The Bertz CT molecular complexity index is 1120.